The first-order valence-electron chi connectivity index (χ1n) is 5.47. The molecule has 0 heterocycles. The third-order valence-corrected chi connectivity index (χ3v) is 2.75. The molecule has 2 aromatic rings. The Morgan fingerprint density at radius 2 is 1.35 bits per heavy atom. The number of benzene rings is 2. The molecule has 0 atom stereocenters. The van der Waals surface area contributed by atoms with Crippen LogP contribution in [0.5, 0.6) is 0 Å². The number of hydrogen-bond donors (Lipinski definition) is 2. The Hall–Kier alpha value is -2.31. The second kappa shape index (κ2) is 4.99. The number of aryl methyl sites for hydroxylation is 1. The number of rotatable bonds is 2. The molecule has 0 unspecified atom stereocenters. The van der Waals surface area contributed by atoms with Gasteiger partial charge in [0.05, 0.1) is 0 Å². The van der Waals surface area contributed by atoms with Crippen molar-refractivity contribution in [2.24, 2.45) is 0 Å². The van der Waals surface area contributed by atoms with E-state index in [4.69, 9.17) is 5.73 Å². The molecule has 2 aromatic carbocycles. The minimum absolute atomic E-state index is 0.153. The lowest BCUT2D eigenvalue weighted by atomic mass is 10.1. The predicted octanol–water partition coefficient (Wildman–Crippen LogP) is 4.02. The molecule has 0 saturated carbocycles. The molecular weight excluding hydrogens is 279 g/mol. The minimum atomic E-state index is -2.20. The van der Waals surface area contributed by atoms with Gasteiger partial charge in [-0.05, 0) is 30.7 Å². The summed E-state index contributed by atoms with van der Waals surface area (Å²) in [6.45, 7) is 1.64. The lowest BCUT2D eigenvalue weighted by Gasteiger charge is -2.12. The van der Waals surface area contributed by atoms with Crippen LogP contribution in [0, 0.1) is 36.0 Å². The van der Waals surface area contributed by atoms with Gasteiger partial charge in [-0.25, -0.2) is 22.0 Å². The Bertz CT molecular complexity index is 656. The van der Waals surface area contributed by atoms with Crippen LogP contribution in [0.3, 0.4) is 0 Å². The van der Waals surface area contributed by atoms with E-state index in [1.165, 1.54) is 18.2 Å². The molecule has 20 heavy (non-hydrogen) atoms. The van der Waals surface area contributed by atoms with Crippen molar-refractivity contribution in [1.82, 2.24) is 0 Å². The van der Waals surface area contributed by atoms with Crippen LogP contribution in [0.1, 0.15) is 5.56 Å². The lowest BCUT2D eigenvalue weighted by Crippen LogP contribution is -2.07. The SMILES string of the molecule is Cc1cc(Nc2c(F)c(F)c(F)c(F)c2F)ccc1N. The van der Waals surface area contributed by atoms with Gasteiger partial charge in [-0.1, -0.05) is 0 Å². The molecule has 3 N–H and O–H groups in total. The van der Waals surface area contributed by atoms with E-state index in [0.29, 0.717) is 11.3 Å². The van der Waals surface area contributed by atoms with Crippen LogP contribution >= 0.6 is 0 Å². The average molecular weight is 288 g/mol. The number of anilines is 3. The molecular formula is C13H9F5N2. The number of halogens is 5. The fraction of sp³-hybridized carbons (Fsp3) is 0.0769. The van der Waals surface area contributed by atoms with Crippen LogP contribution in [0.25, 0.3) is 0 Å². The Balaban J connectivity index is 2.51. The largest absolute Gasteiger partial charge is 0.399 e. The number of hydrogen-bond acceptors (Lipinski definition) is 2. The van der Waals surface area contributed by atoms with Gasteiger partial charge in [0.15, 0.2) is 23.3 Å². The van der Waals surface area contributed by atoms with E-state index in [2.05, 4.69) is 5.32 Å². The van der Waals surface area contributed by atoms with Crippen LogP contribution in [-0.2, 0) is 0 Å². The predicted molar refractivity (Wildman–Crippen MR) is 65.1 cm³/mol. The summed E-state index contributed by atoms with van der Waals surface area (Å²) >= 11 is 0. The zero-order chi connectivity index (χ0) is 15.0. The third-order valence-electron chi connectivity index (χ3n) is 2.75. The highest BCUT2D eigenvalue weighted by Crippen LogP contribution is 2.30. The summed E-state index contributed by atoms with van der Waals surface area (Å²) in [5, 5.41) is 2.17. The van der Waals surface area contributed by atoms with Crippen molar-refractivity contribution >= 4 is 17.1 Å². The van der Waals surface area contributed by atoms with Crippen molar-refractivity contribution in [2.45, 2.75) is 6.92 Å². The maximum absolute atomic E-state index is 13.5. The van der Waals surface area contributed by atoms with Gasteiger partial charge in [0, 0.05) is 11.4 Å². The van der Waals surface area contributed by atoms with Crippen molar-refractivity contribution in [1.29, 1.82) is 0 Å². The first-order chi connectivity index (χ1) is 9.32. The fourth-order valence-corrected chi connectivity index (χ4v) is 1.61. The van der Waals surface area contributed by atoms with Gasteiger partial charge in [0.1, 0.15) is 5.69 Å². The van der Waals surface area contributed by atoms with Gasteiger partial charge in [0.2, 0.25) is 5.82 Å². The highest BCUT2D eigenvalue weighted by atomic mass is 19.2. The molecule has 0 aliphatic heterocycles. The topological polar surface area (TPSA) is 38.0 Å². The van der Waals surface area contributed by atoms with Gasteiger partial charge in [-0.15, -0.1) is 0 Å². The average Bonchev–Trinajstić information content (AvgIpc) is 2.43. The molecule has 0 fully saturated rings. The summed E-state index contributed by atoms with van der Waals surface area (Å²) in [6.07, 6.45) is 0. The van der Waals surface area contributed by atoms with E-state index in [9.17, 15) is 22.0 Å². The summed E-state index contributed by atoms with van der Waals surface area (Å²) in [4.78, 5) is 0. The van der Waals surface area contributed by atoms with Gasteiger partial charge in [-0.2, -0.15) is 0 Å². The normalized spacial score (nSPS) is 10.7. The van der Waals surface area contributed by atoms with Crippen LogP contribution < -0.4 is 11.1 Å². The highest BCUT2D eigenvalue weighted by Gasteiger charge is 2.25. The Morgan fingerprint density at radius 1 is 0.850 bits per heavy atom. The van der Waals surface area contributed by atoms with Gasteiger partial charge in [-0.3, -0.25) is 0 Å². The van der Waals surface area contributed by atoms with E-state index >= 15 is 0 Å². The molecule has 0 radical (unpaired) electrons. The molecule has 0 aliphatic rings. The quantitative estimate of drug-likeness (QED) is 0.379. The second-order valence-corrected chi connectivity index (χ2v) is 4.14. The minimum Gasteiger partial charge on any atom is -0.399 e. The second-order valence-electron chi connectivity index (χ2n) is 4.14. The first kappa shape index (κ1) is 14.1. The molecule has 0 saturated heterocycles. The van der Waals surface area contributed by atoms with E-state index < -0.39 is 34.8 Å². The number of nitrogen functional groups attached to an aromatic ring is 1. The Labute approximate surface area is 111 Å². The maximum atomic E-state index is 13.5. The standard InChI is InChI=1S/C13H9F5N2/c1-5-4-6(2-3-7(5)19)20-13-11(17)9(15)8(14)10(16)12(13)18/h2-4,20H,19H2,1H3. The number of nitrogens with two attached hydrogens (primary N) is 1. The van der Waals surface area contributed by atoms with Crippen LogP contribution in [0.4, 0.5) is 39.0 Å². The van der Waals surface area contributed by atoms with Crippen molar-refractivity contribution in [3.63, 3.8) is 0 Å². The highest BCUT2D eigenvalue weighted by molar-refractivity contribution is 5.65. The summed E-state index contributed by atoms with van der Waals surface area (Å²) < 4.78 is 65.9. The van der Waals surface area contributed by atoms with Crippen molar-refractivity contribution in [2.75, 3.05) is 11.1 Å². The molecule has 0 amide bonds. The van der Waals surface area contributed by atoms with Crippen molar-refractivity contribution in [3.8, 4) is 0 Å². The van der Waals surface area contributed by atoms with Gasteiger partial charge in [0.25, 0.3) is 0 Å². The smallest absolute Gasteiger partial charge is 0.200 e. The molecule has 0 spiro atoms. The molecule has 0 aliphatic carbocycles. The Morgan fingerprint density at radius 3 is 1.85 bits per heavy atom. The first-order valence-corrected chi connectivity index (χ1v) is 5.47. The molecule has 0 aromatic heterocycles. The summed E-state index contributed by atoms with van der Waals surface area (Å²) in [6, 6.07) is 4.23. The molecule has 2 nitrogen and oxygen atoms in total. The van der Waals surface area contributed by atoms with Gasteiger partial charge >= 0.3 is 0 Å². The number of nitrogens with one attached hydrogen (secondary N) is 1. The summed E-state index contributed by atoms with van der Waals surface area (Å²) in [5.41, 5.74) is 5.65. The summed E-state index contributed by atoms with van der Waals surface area (Å²) in [7, 11) is 0. The van der Waals surface area contributed by atoms with Gasteiger partial charge < -0.3 is 11.1 Å². The zero-order valence-electron chi connectivity index (χ0n) is 10.2. The maximum Gasteiger partial charge on any atom is 0.200 e. The molecule has 2 rings (SSSR count). The van der Waals surface area contributed by atoms with E-state index in [0.717, 1.165) is 0 Å². The van der Waals surface area contributed by atoms with E-state index in [-0.39, 0.29) is 5.69 Å². The van der Waals surface area contributed by atoms with E-state index in [1.807, 2.05) is 0 Å². The van der Waals surface area contributed by atoms with Crippen molar-refractivity contribution < 1.29 is 22.0 Å². The van der Waals surface area contributed by atoms with Crippen LogP contribution in [-0.4, -0.2) is 0 Å². The fourth-order valence-electron chi connectivity index (χ4n) is 1.61. The van der Waals surface area contributed by atoms with Crippen LogP contribution in [0.15, 0.2) is 18.2 Å². The summed E-state index contributed by atoms with van der Waals surface area (Å²) in [5.74, 6) is -10.0. The Kier molecular flexibility index (Phi) is 3.52. The molecule has 106 valence electrons. The lowest BCUT2D eigenvalue weighted by molar-refractivity contribution is 0.382. The van der Waals surface area contributed by atoms with Crippen LogP contribution in [0.2, 0.25) is 0 Å². The monoisotopic (exact) mass is 288 g/mol. The van der Waals surface area contributed by atoms with E-state index in [1.54, 1.807) is 6.92 Å². The molecule has 0 bridgehead atoms. The van der Waals surface area contributed by atoms with Crippen molar-refractivity contribution in [3.05, 3.63) is 52.8 Å². The zero-order valence-corrected chi connectivity index (χ0v) is 10.2. The molecule has 7 heteroatoms. The third kappa shape index (κ3) is 2.26.